The smallest absolute Gasteiger partial charge is 0.262 e. The average molecular weight is 472 g/mol. The highest BCUT2D eigenvalue weighted by Gasteiger charge is 2.22. The van der Waals surface area contributed by atoms with Gasteiger partial charge in [-0.2, -0.15) is 0 Å². The lowest BCUT2D eigenvalue weighted by molar-refractivity contribution is -0.118. The summed E-state index contributed by atoms with van der Waals surface area (Å²) in [5.74, 6) is 0.655. The van der Waals surface area contributed by atoms with Crippen LogP contribution < -0.4 is 15.0 Å². The van der Waals surface area contributed by atoms with Crippen LogP contribution in [0.3, 0.4) is 0 Å². The maximum Gasteiger partial charge on any atom is 0.262 e. The molecular weight excluding hydrogens is 438 g/mol. The van der Waals surface area contributed by atoms with E-state index < -0.39 is 0 Å². The van der Waals surface area contributed by atoms with Gasteiger partial charge in [0.25, 0.3) is 11.8 Å². The predicted molar refractivity (Wildman–Crippen MR) is 141 cm³/mol. The zero-order chi connectivity index (χ0) is 24.9. The monoisotopic (exact) mass is 471 g/mol. The molecule has 0 aromatic heterocycles. The third kappa shape index (κ3) is 6.01. The minimum atomic E-state index is -0.194. The Labute approximate surface area is 207 Å². The van der Waals surface area contributed by atoms with Crippen LogP contribution in [0.1, 0.15) is 32.6 Å². The Morgan fingerprint density at radius 1 is 0.800 bits per heavy atom. The number of anilines is 2. The van der Waals surface area contributed by atoms with Gasteiger partial charge in [0.1, 0.15) is 5.75 Å². The Balaban J connectivity index is 1.27. The molecule has 0 unspecified atom stereocenters. The van der Waals surface area contributed by atoms with Gasteiger partial charge >= 0.3 is 0 Å². The van der Waals surface area contributed by atoms with Gasteiger partial charge in [-0.1, -0.05) is 35.4 Å². The van der Waals surface area contributed by atoms with Crippen molar-refractivity contribution in [3.05, 3.63) is 88.5 Å². The third-order valence-corrected chi connectivity index (χ3v) is 6.33. The van der Waals surface area contributed by atoms with Crippen molar-refractivity contribution in [3.8, 4) is 5.75 Å². The molecule has 1 fully saturated rings. The van der Waals surface area contributed by atoms with E-state index in [1.807, 2.05) is 81.1 Å². The van der Waals surface area contributed by atoms with Gasteiger partial charge in [-0.15, -0.1) is 0 Å². The zero-order valence-electron chi connectivity index (χ0n) is 20.9. The summed E-state index contributed by atoms with van der Waals surface area (Å²) in [5.41, 5.74) is 6.92. The van der Waals surface area contributed by atoms with Crippen molar-refractivity contribution >= 4 is 23.2 Å². The topological polar surface area (TPSA) is 61.9 Å². The number of benzene rings is 3. The molecule has 1 N–H and O–H groups in total. The Morgan fingerprint density at radius 3 is 2.00 bits per heavy atom. The second kappa shape index (κ2) is 10.6. The Hall–Kier alpha value is -3.80. The minimum Gasteiger partial charge on any atom is -0.483 e. The van der Waals surface area contributed by atoms with E-state index in [0.29, 0.717) is 13.1 Å². The van der Waals surface area contributed by atoms with E-state index >= 15 is 0 Å². The molecule has 3 aromatic rings. The van der Waals surface area contributed by atoms with Gasteiger partial charge in [0.05, 0.1) is 0 Å². The van der Waals surface area contributed by atoms with Crippen LogP contribution in [-0.4, -0.2) is 49.5 Å². The summed E-state index contributed by atoms with van der Waals surface area (Å²) in [6, 6.07) is 19.6. The molecule has 35 heavy (non-hydrogen) atoms. The van der Waals surface area contributed by atoms with Crippen LogP contribution in [0.5, 0.6) is 5.75 Å². The van der Waals surface area contributed by atoms with Crippen molar-refractivity contribution in [2.75, 3.05) is 43.0 Å². The van der Waals surface area contributed by atoms with Crippen molar-refractivity contribution in [2.45, 2.75) is 27.7 Å². The quantitative estimate of drug-likeness (QED) is 0.556. The summed E-state index contributed by atoms with van der Waals surface area (Å²) in [4.78, 5) is 29.3. The Kier molecular flexibility index (Phi) is 7.39. The molecule has 1 aliphatic heterocycles. The number of carbonyl (C=O) groups is 2. The normalized spacial score (nSPS) is 13.5. The zero-order valence-corrected chi connectivity index (χ0v) is 20.9. The van der Waals surface area contributed by atoms with Gasteiger partial charge in [0.2, 0.25) is 0 Å². The second-order valence-corrected chi connectivity index (χ2v) is 9.26. The lowest BCUT2D eigenvalue weighted by Gasteiger charge is -2.36. The molecular formula is C29H33N3O3. The number of carbonyl (C=O) groups excluding carboxylic acids is 2. The van der Waals surface area contributed by atoms with E-state index in [-0.39, 0.29) is 18.4 Å². The highest BCUT2D eigenvalue weighted by Crippen LogP contribution is 2.25. The van der Waals surface area contributed by atoms with Gasteiger partial charge in [-0.25, -0.2) is 0 Å². The van der Waals surface area contributed by atoms with E-state index in [4.69, 9.17) is 4.74 Å². The van der Waals surface area contributed by atoms with E-state index in [9.17, 15) is 9.59 Å². The molecule has 4 rings (SSSR count). The number of ether oxygens (including phenoxy) is 1. The van der Waals surface area contributed by atoms with Gasteiger partial charge in [0, 0.05) is 43.1 Å². The molecule has 0 spiro atoms. The molecule has 1 saturated heterocycles. The van der Waals surface area contributed by atoms with Crippen molar-refractivity contribution < 1.29 is 14.3 Å². The van der Waals surface area contributed by atoms with Crippen LogP contribution in [0.15, 0.2) is 60.7 Å². The average Bonchev–Trinajstić information content (AvgIpc) is 2.84. The molecule has 6 nitrogen and oxygen atoms in total. The summed E-state index contributed by atoms with van der Waals surface area (Å²) < 4.78 is 5.79. The molecule has 1 heterocycles. The molecule has 0 atom stereocenters. The fourth-order valence-electron chi connectivity index (χ4n) is 4.53. The standard InChI is InChI=1S/C29H33N3O3/c1-20-5-7-24(8-6-20)29(34)32-15-13-31(14-16-32)26-11-9-25(10-12-26)30-27(33)19-35-28-22(3)17-21(2)18-23(28)4/h5-12,17-18H,13-16,19H2,1-4H3,(H,30,33). The number of rotatable bonds is 6. The summed E-state index contributed by atoms with van der Waals surface area (Å²) in [6.07, 6.45) is 0. The summed E-state index contributed by atoms with van der Waals surface area (Å²) in [7, 11) is 0. The van der Waals surface area contributed by atoms with Gasteiger partial charge in [-0.05, 0) is 75.2 Å². The molecule has 3 aromatic carbocycles. The van der Waals surface area contributed by atoms with Gasteiger partial charge in [-0.3, -0.25) is 9.59 Å². The van der Waals surface area contributed by atoms with Crippen LogP contribution in [0.25, 0.3) is 0 Å². The summed E-state index contributed by atoms with van der Waals surface area (Å²) in [6.45, 7) is 10.9. The maximum absolute atomic E-state index is 12.8. The third-order valence-electron chi connectivity index (χ3n) is 6.33. The molecule has 0 aliphatic carbocycles. The van der Waals surface area contributed by atoms with Crippen molar-refractivity contribution in [1.29, 1.82) is 0 Å². The molecule has 2 amide bonds. The Morgan fingerprint density at radius 2 is 1.40 bits per heavy atom. The number of aryl methyl sites for hydroxylation is 4. The van der Waals surface area contributed by atoms with Crippen LogP contribution >= 0.6 is 0 Å². The molecule has 0 radical (unpaired) electrons. The van der Waals surface area contributed by atoms with Crippen molar-refractivity contribution in [3.63, 3.8) is 0 Å². The van der Waals surface area contributed by atoms with Crippen LogP contribution in [0.4, 0.5) is 11.4 Å². The number of nitrogens with one attached hydrogen (secondary N) is 1. The lowest BCUT2D eigenvalue weighted by Crippen LogP contribution is -2.48. The van der Waals surface area contributed by atoms with E-state index in [0.717, 1.165) is 52.5 Å². The van der Waals surface area contributed by atoms with Crippen LogP contribution in [0, 0.1) is 27.7 Å². The fraction of sp³-hybridized carbons (Fsp3) is 0.310. The van der Waals surface area contributed by atoms with Gasteiger partial charge < -0.3 is 19.9 Å². The summed E-state index contributed by atoms with van der Waals surface area (Å²) in [5, 5.41) is 2.90. The first-order valence-corrected chi connectivity index (χ1v) is 12.0. The molecule has 0 bridgehead atoms. The highest BCUT2D eigenvalue weighted by molar-refractivity contribution is 5.94. The summed E-state index contributed by atoms with van der Waals surface area (Å²) >= 11 is 0. The predicted octanol–water partition coefficient (Wildman–Crippen LogP) is 4.90. The number of hydrogen-bond acceptors (Lipinski definition) is 4. The molecule has 6 heteroatoms. The SMILES string of the molecule is Cc1ccc(C(=O)N2CCN(c3ccc(NC(=O)COc4c(C)cc(C)cc4C)cc3)CC2)cc1. The number of hydrogen-bond donors (Lipinski definition) is 1. The van der Waals surface area contributed by atoms with E-state index in [2.05, 4.69) is 22.3 Å². The highest BCUT2D eigenvalue weighted by atomic mass is 16.5. The molecule has 182 valence electrons. The van der Waals surface area contributed by atoms with Crippen molar-refractivity contribution in [1.82, 2.24) is 4.90 Å². The molecule has 1 aliphatic rings. The lowest BCUT2D eigenvalue weighted by atomic mass is 10.1. The first-order valence-electron chi connectivity index (χ1n) is 12.0. The number of nitrogens with zero attached hydrogens (tertiary/aromatic N) is 2. The van der Waals surface area contributed by atoms with Crippen LogP contribution in [0.2, 0.25) is 0 Å². The minimum absolute atomic E-state index is 0.0382. The van der Waals surface area contributed by atoms with Crippen molar-refractivity contribution in [2.24, 2.45) is 0 Å². The first kappa shape index (κ1) is 24.3. The fourth-order valence-corrected chi connectivity index (χ4v) is 4.53. The number of amides is 2. The second-order valence-electron chi connectivity index (χ2n) is 9.26. The Bertz CT molecular complexity index is 1170. The van der Waals surface area contributed by atoms with E-state index in [1.54, 1.807) is 0 Å². The maximum atomic E-state index is 12.8. The largest absolute Gasteiger partial charge is 0.483 e. The van der Waals surface area contributed by atoms with Gasteiger partial charge in [0.15, 0.2) is 6.61 Å². The first-order chi connectivity index (χ1) is 16.8. The number of piperazine rings is 1. The molecule has 0 saturated carbocycles. The van der Waals surface area contributed by atoms with E-state index in [1.165, 1.54) is 5.56 Å². The van der Waals surface area contributed by atoms with Crippen LogP contribution in [-0.2, 0) is 4.79 Å².